The highest BCUT2D eigenvalue weighted by atomic mass is 32.2. The summed E-state index contributed by atoms with van der Waals surface area (Å²) in [5.74, 6) is 0.542. The Kier molecular flexibility index (Phi) is 6.13. The molecule has 1 amide bonds. The monoisotopic (exact) mass is 467 g/mol. The number of unbranched alkanes of at least 4 members (excludes halogenated alkanes) is 1. The summed E-state index contributed by atoms with van der Waals surface area (Å²) in [4.78, 5) is 17.3. The van der Waals surface area contributed by atoms with Crippen molar-refractivity contribution in [3.8, 4) is 0 Å². The van der Waals surface area contributed by atoms with E-state index in [9.17, 15) is 21.6 Å². The van der Waals surface area contributed by atoms with Gasteiger partial charge in [-0.15, -0.1) is 4.40 Å². The molecule has 0 radical (unpaired) electrons. The van der Waals surface area contributed by atoms with Crippen LogP contribution >= 0.6 is 0 Å². The Balaban J connectivity index is 1.45. The van der Waals surface area contributed by atoms with E-state index in [1.165, 1.54) is 0 Å². The van der Waals surface area contributed by atoms with Crippen LogP contribution in [-0.2, 0) is 24.7 Å². The quantitative estimate of drug-likeness (QED) is 0.652. The SMILES string of the molecule is CCCCN(C(=O)C1CCN(C2=NS(=O)(=O)c3ccccc32)CC1)C1CCS(=O)(=O)C1. The number of sulfonamides is 1. The lowest BCUT2D eigenvalue weighted by molar-refractivity contribution is -0.138. The molecular formula is C21H29N3O5S2. The van der Waals surface area contributed by atoms with Crippen molar-refractivity contribution in [3.63, 3.8) is 0 Å². The molecule has 2 fully saturated rings. The molecule has 31 heavy (non-hydrogen) atoms. The molecule has 1 atom stereocenters. The Morgan fingerprint density at radius 2 is 1.84 bits per heavy atom. The first-order valence-corrected chi connectivity index (χ1v) is 14.2. The molecule has 0 spiro atoms. The highest BCUT2D eigenvalue weighted by Gasteiger charge is 2.39. The molecule has 4 rings (SSSR count). The maximum absolute atomic E-state index is 13.3. The third-order valence-electron chi connectivity index (χ3n) is 6.44. The van der Waals surface area contributed by atoms with Crippen molar-refractivity contribution in [3.05, 3.63) is 29.8 Å². The van der Waals surface area contributed by atoms with E-state index in [-0.39, 0.29) is 34.3 Å². The molecule has 10 heteroatoms. The van der Waals surface area contributed by atoms with E-state index in [0.29, 0.717) is 50.3 Å². The fourth-order valence-corrected chi connectivity index (χ4v) is 7.67. The first-order valence-electron chi connectivity index (χ1n) is 10.9. The molecule has 3 heterocycles. The van der Waals surface area contributed by atoms with Gasteiger partial charge in [-0.25, -0.2) is 8.42 Å². The zero-order valence-corrected chi connectivity index (χ0v) is 19.4. The van der Waals surface area contributed by atoms with Gasteiger partial charge in [-0.2, -0.15) is 8.42 Å². The van der Waals surface area contributed by atoms with Gasteiger partial charge in [-0.05, 0) is 37.8 Å². The van der Waals surface area contributed by atoms with Gasteiger partial charge in [0, 0.05) is 37.2 Å². The van der Waals surface area contributed by atoms with E-state index >= 15 is 0 Å². The van der Waals surface area contributed by atoms with Crippen molar-refractivity contribution in [2.45, 2.75) is 50.0 Å². The van der Waals surface area contributed by atoms with Gasteiger partial charge in [-0.3, -0.25) is 4.79 Å². The van der Waals surface area contributed by atoms with Crippen molar-refractivity contribution in [2.24, 2.45) is 10.3 Å². The number of fused-ring (bicyclic) bond motifs is 1. The minimum Gasteiger partial charge on any atom is -0.355 e. The molecule has 1 unspecified atom stereocenters. The summed E-state index contributed by atoms with van der Waals surface area (Å²) in [6, 6.07) is 6.60. The maximum Gasteiger partial charge on any atom is 0.285 e. The molecule has 0 bridgehead atoms. The largest absolute Gasteiger partial charge is 0.355 e. The van der Waals surface area contributed by atoms with Crippen molar-refractivity contribution in [2.75, 3.05) is 31.1 Å². The lowest BCUT2D eigenvalue weighted by Gasteiger charge is -2.37. The minimum absolute atomic E-state index is 0.0385. The molecule has 3 aliphatic heterocycles. The second-order valence-electron chi connectivity index (χ2n) is 8.59. The Bertz CT molecular complexity index is 1090. The molecule has 170 valence electrons. The molecule has 1 aromatic rings. The van der Waals surface area contributed by atoms with E-state index in [1.807, 2.05) is 4.90 Å². The molecule has 0 saturated carbocycles. The van der Waals surface area contributed by atoms with Crippen LogP contribution in [0.5, 0.6) is 0 Å². The van der Waals surface area contributed by atoms with Crippen LogP contribution in [0.4, 0.5) is 0 Å². The number of rotatable bonds is 5. The number of likely N-dealkylation sites (tertiary alicyclic amines) is 1. The van der Waals surface area contributed by atoms with E-state index < -0.39 is 19.9 Å². The maximum atomic E-state index is 13.3. The Morgan fingerprint density at radius 1 is 1.13 bits per heavy atom. The first-order chi connectivity index (χ1) is 14.7. The number of piperidine rings is 1. The first kappa shape index (κ1) is 22.3. The average Bonchev–Trinajstić information content (AvgIpc) is 3.24. The van der Waals surface area contributed by atoms with Gasteiger partial charge in [-0.1, -0.05) is 25.5 Å². The van der Waals surface area contributed by atoms with E-state index in [4.69, 9.17) is 0 Å². The van der Waals surface area contributed by atoms with Crippen LogP contribution in [0.15, 0.2) is 33.6 Å². The Hall–Kier alpha value is -1.94. The lowest BCUT2D eigenvalue weighted by Crippen LogP contribution is -2.48. The number of hydrogen-bond acceptors (Lipinski definition) is 6. The average molecular weight is 468 g/mol. The number of hydrogen-bond donors (Lipinski definition) is 0. The minimum atomic E-state index is -3.67. The topological polar surface area (TPSA) is 104 Å². The fourth-order valence-electron chi connectivity index (χ4n) is 4.71. The summed E-state index contributed by atoms with van der Waals surface area (Å²) in [6.45, 7) is 3.74. The van der Waals surface area contributed by atoms with Crippen LogP contribution in [0.25, 0.3) is 0 Å². The molecular weight excluding hydrogens is 438 g/mol. The van der Waals surface area contributed by atoms with Gasteiger partial charge < -0.3 is 9.80 Å². The normalized spacial score (nSPS) is 24.6. The van der Waals surface area contributed by atoms with Crippen LogP contribution in [0.2, 0.25) is 0 Å². The number of amidine groups is 1. The fraction of sp³-hybridized carbons (Fsp3) is 0.619. The molecule has 1 aromatic carbocycles. The third kappa shape index (κ3) is 4.50. The lowest BCUT2D eigenvalue weighted by atomic mass is 9.93. The van der Waals surface area contributed by atoms with Gasteiger partial charge in [0.1, 0.15) is 4.90 Å². The summed E-state index contributed by atoms with van der Waals surface area (Å²) >= 11 is 0. The second-order valence-corrected chi connectivity index (χ2v) is 12.4. The Labute approximate surface area is 184 Å². The Morgan fingerprint density at radius 3 is 2.48 bits per heavy atom. The number of carbonyl (C=O) groups excluding carboxylic acids is 1. The van der Waals surface area contributed by atoms with Crippen molar-refractivity contribution < 1.29 is 21.6 Å². The molecule has 8 nitrogen and oxygen atoms in total. The number of sulfone groups is 1. The molecule has 2 saturated heterocycles. The van der Waals surface area contributed by atoms with Crippen molar-refractivity contribution in [1.82, 2.24) is 9.80 Å². The highest BCUT2D eigenvalue weighted by molar-refractivity contribution is 7.91. The predicted octanol–water partition coefficient (Wildman–Crippen LogP) is 1.66. The van der Waals surface area contributed by atoms with E-state index in [2.05, 4.69) is 11.3 Å². The molecule has 3 aliphatic rings. The number of benzene rings is 1. The van der Waals surface area contributed by atoms with Gasteiger partial charge in [0.2, 0.25) is 5.91 Å². The van der Waals surface area contributed by atoms with E-state index in [1.54, 1.807) is 29.2 Å². The third-order valence-corrected chi connectivity index (χ3v) is 9.52. The zero-order valence-electron chi connectivity index (χ0n) is 17.7. The van der Waals surface area contributed by atoms with Crippen LogP contribution in [0.1, 0.15) is 44.6 Å². The smallest absolute Gasteiger partial charge is 0.285 e. The summed E-state index contributed by atoms with van der Waals surface area (Å²) in [5.41, 5.74) is 0.619. The van der Waals surface area contributed by atoms with Gasteiger partial charge in [0.05, 0.1) is 11.5 Å². The van der Waals surface area contributed by atoms with Crippen LogP contribution in [-0.4, -0.2) is 75.6 Å². The van der Waals surface area contributed by atoms with Crippen LogP contribution in [0, 0.1) is 5.92 Å². The summed E-state index contributed by atoms with van der Waals surface area (Å²) in [6.07, 6.45) is 3.51. The molecule has 0 aromatic heterocycles. The highest BCUT2D eigenvalue weighted by Crippen LogP contribution is 2.31. The summed E-state index contributed by atoms with van der Waals surface area (Å²) in [7, 11) is -6.73. The second kappa shape index (κ2) is 8.54. The van der Waals surface area contributed by atoms with Crippen molar-refractivity contribution >= 4 is 31.6 Å². The molecule has 0 N–H and O–H groups in total. The van der Waals surface area contributed by atoms with Crippen LogP contribution < -0.4 is 0 Å². The standard InChI is InChI=1S/C21H29N3O5S2/c1-2-3-11-24(17-10-14-30(26,27)15-17)21(25)16-8-12-23(13-9-16)20-18-6-4-5-7-19(18)31(28,29)22-20/h4-7,16-17H,2-3,8-15H2,1H3. The zero-order chi connectivity index (χ0) is 22.2. The summed E-state index contributed by atoms with van der Waals surface area (Å²) in [5, 5.41) is 0. The predicted molar refractivity (Wildman–Crippen MR) is 118 cm³/mol. The van der Waals surface area contributed by atoms with Gasteiger partial charge in [0.25, 0.3) is 10.0 Å². The van der Waals surface area contributed by atoms with E-state index in [0.717, 1.165) is 12.8 Å². The number of nitrogens with zero attached hydrogens (tertiary/aromatic N) is 3. The van der Waals surface area contributed by atoms with Gasteiger partial charge in [0.15, 0.2) is 15.7 Å². The van der Waals surface area contributed by atoms with Crippen LogP contribution in [0.3, 0.4) is 0 Å². The summed E-state index contributed by atoms with van der Waals surface area (Å²) < 4.78 is 52.6. The molecule has 0 aliphatic carbocycles. The van der Waals surface area contributed by atoms with Crippen molar-refractivity contribution in [1.29, 1.82) is 0 Å². The number of carbonyl (C=O) groups is 1. The number of amides is 1. The van der Waals surface area contributed by atoms with Gasteiger partial charge >= 0.3 is 0 Å².